The quantitative estimate of drug-likeness (QED) is 0.699. The van der Waals surface area contributed by atoms with Crippen LogP contribution in [0.2, 0.25) is 0 Å². The Morgan fingerprint density at radius 2 is 1.71 bits per heavy atom. The lowest BCUT2D eigenvalue weighted by Crippen LogP contribution is -2.24. The van der Waals surface area contributed by atoms with Crippen molar-refractivity contribution in [2.24, 2.45) is 0 Å². The van der Waals surface area contributed by atoms with E-state index in [1.807, 2.05) is 19.1 Å². The summed E-state index contributed by atoms with van der Waals surface area (Å²) in [6.07, 6.45) is 2.64. The minimum atomic E-state index is -0.444. The van der Waals surface area contributed by atoms with Crippen LogP contribution in [0.3, 0.4) is 0 Å². The molecule has 3 nitrogen and oxygen atoms in total. The van der Waals surface area contributed by atoms with E-state index < -0.39 is 11.7 Å². The van der Waals surface area contributed by atoms with E-state index in [0.717, 1.165) is 11.3 Å². The molecular weight excluding hydrogens is 214 g/mol. The van der Waals surface area contributed by atoms with E-state index in [0.29, 0.717) is 5.56 Å². The second-order valence-corrected chi connectivity index (χ2v) is 4.21. The average Bonchev–Trinajstić information content (AvgIpc) is 2.55. The number of carbonyl (C=O) groups is 2. The lowest BCUT2D eigenvalue weighted by atomic mass is 10.1. The highest BCUT2D eigenvalue weighted by atomic mass is 16.2. The third-order valence-electron chi connectivity index (χ3n) is 2.76. The number of unbranched alkanes of at least 4 members (excludes halogenated alkanes) is 1. The van der Waals surface area contributed by atoms with Crippen LogP contribution in [0.5, 0.6) is 0 Å². The van der Waals surface area contributed by atoms with Gasteiger partial charge in [0.1, 0.15) is 0 Å². The topological polar surface area (TPSA) is 37.4 Å². The maximum Gasteiger partial charge on any atom is 0.299 e. The Morgan fingerprint density at radius 3 is 2.24 bits per heavy atom. The molecule has 0 unspecified atom stereocenters. The predicted molar refractivity (Wildman–Crippen MR) is 69.5 cm³/mol. The highest BCUT2D eigenvalue weighted by Crippen LogP contribution is 2.28. The molecule has 0 N–H and O–H groups in total. The monoisotopic (exact) mass is 233 g/mol. The van der Waals surface area contributed by atoms with Gasteiger partial charge in [-0.3, -0.25) is 9.59 Å². The van der Waals surface area contributed by atoms with Crippen LogP contribution in [-0.2, 0) is 4.79 Å². The molecule has 1 aliphatic heterocycles. The molecule has 1 amide bonds. The number of amides is 1. The van der Waals surface area contributed by atoms with Gasteiger partial charge >= 0.3 is 0 Å². The van der Waals surface area contributed by atoms with E-state index in [2.05, 4.69) is 13.8 Å². The number of Topliss-reactive ketones (excluding diaryl/α,β-unsaturated/α-hetero) is 1. The van der Waals surface area contributed by atoms with Gasteiger partial charge in [-0.15, -0.1) is 0 Å². The van der Waals surface area contributed by atoms with Crippen LogP contribution in [0.25, 0.3) is 0 Å². The number of nitrogens with zero attached hydrogens (tertiary/aromatic N) is 1. The molecule has 0 aromatic heterocycles. The summed E-state index contributed by atoms with van der Waals surface area (Å²) >= 11 is 0. The van der Waals surface area contributed by atoms with Gasteiger partial charge in [-0.25, -0.2) is 0 Å². The molecule has 0 saturated heterocycles. The van der Waals surface area contributed by atoms with Gasteiger partial charge in [0.2, 0.25) is 0 Å². The lowest BCUT2D eigenvalue weighted by molar-refractivity contribution is -0.114. The van der Waals surface area contributed by atoms with Gasteiger partial charge < -0.3 is 4.90 Å². The summed E-state index contributed by atoms with van der Waals surface area (Å²) in [7, 11) is 1.62. The SMILES string of the molecule is CCCC.Cc1ccc2c(c1)N(C)C(=O)C2=O. The smallest absolute Gasteiger partial charge is 0.299 e. The maximum atomic E-state index is 11.3. The number of hydrogen-bond donors (Lipinski definition) is 0. The highest BCUT2D eigenvalue weighted by molar-refractivity contribution is 6.52. The van der Waals surface area contributed by atoms with Crippen molar-refractivity contribution in [3.63, 3.8) is 0 Å². The molecule has 2 rings (SSSR count). The van der Waals surface area contributed by atoms with Crippen LogP contribution in [0, 0.1) is 6.92 Å². The molecule has 0 radical (unpaired) electrons. The molecule has 1 aromatic carbocycles. The van der Waals surface area contributed by atoms with E-state index >= 15 is 0 Å². The van der Waals surface area contributed by atoms with Gasteiger partial charge in [0.25, 0.3) is 11.7 Å². The van der Waals surface area contributed by atoms with Crippen molar-refractivity contribution in [3.8, 4) is 0 Å². The Morgan fingerprint density at radius 1 is 1.12 bits per heavy atom. The lowest BCUT2D eigenvalue weighted by Gasteiger charge is -2.08. The van der Waals surface area contributed by atoms with Gasteiger partial charge in [0, 0.05) is 7.05 Å². The molecule has 3 heteroatoms. The van der Waals surface area contributed by atoms with Crippen molar-refractivity contribution < 1.29 is 9.59 Å². The van der Waals surface area contributed by atoms with Gasteiger partial charge in [-0.2, -0.15) is 0 Å². The minimum absolute atomic E-state index is 0.405. The molecule has 0 spiro atoms. The van der Waals surface area contributed by atoms with Crippen LogP contribution in [-0.4, -0.2) is 18.7 Å². The van der Waals surface area contributed by atoms with Crippen LogP contribution < -0.4 is 4.90 Å². The average molecular weight is 233 g/mol. The zero-order valence-electron chi connectivity index (χ0n) is 10.9. The Kier molecular flexibility index (Phi) is 4.44. The summed E-state index contributed by atoms with van der Waals surface area (Å²) < 4.78 is 0. The van der Waals surface area contributed by atoms with Crippen LogP contribution >= 0.6 is 0 Å². The highest BCUT2D eigenvalue weighted by Gasteiger charge is 2.32. The van der Waals surface area contributed by atoms with E-state index in [-0.39, 0.29) is 0 Å². The number of carbonyl (C=O) groups excluding carboxylic acids is 2. The van der Waals surface area contributed by atoms with E-state index in [1.165, 1.54) is 17.7 Å². The zero-order valence-corrected chi connectivity index (χ0v) is 10.9. The van der Waals surface area contributed by atoms with Gasteiger partial charge in [0.15, 0.2) is 0 Å². The van der Waals surface area contributed by atoms with Crippen molar-refractivity contribution in [2.45, 2.75) is 33.6 Å². The summed E-state index contributed by atoms with van der Waals surface area (Å²) in [5.41, 5.74) is 2.28. The molecule has 0 atom stereocenters. The largest absolute Gasteiger partial charge is 0.308 e. The first-order valence-corrected chi connectivity index (χ1v) is 5.95. The number of fused-ring (bicyclic) bond motifs is 1. The summed E-state index contributed by atoms with van der Waals surface area (Å²) in [5, 5.41) is 0. The summed E-state index contributed by atoms with van der Waals surface area (Å²) in [4.78, 5) is 24.0. The zero-order chi connectivity index (χ0) is 13.0. The second kappa shape index (κ2) is 5.62. The standard InChI is InChI=1S/C10H9NO2.C4H10/c1-6-3-4-7-8(5-6)11(2)10(13)9(7)12;1-3-4-2/h3-5H,1-2H3;3-4H2,1-2H3. The summed E-state index contributed by atoms with van der Waals surface area (Å²) in [5.74, 6) is -0.849. The van der Waals surface area contributed by atoms with E-state index in [4.69, 9.17) is 0 Å². The number of anilines is 1. The number of likely N-dealkylation sites (N-methyl/N-ethyl adjacent to an activating group) is 1. The number of benzene rings is 1. The van der Waals surface area contributed by atoms with Gasteiger partial charge in [0.05, 0.1) is 11.3 Å². The Bertz CT molecular complexity index is 436. The number of aryl methyl sites for hydroxylation is 1. The molecule has 0 fully saturated rings. The Labute approximate surface area is 102 Å². The van der Waals surface area contributed by atoms with Crippen LogP contribution in [0.4, 0.5) is 5.69 Å². The van der Waals surface area contributed by atoms with Crippen molar-refractivity contribution in [3.05, 3.63) is 29.3 Å². The van der Waals surface area contributed by atoms with E-state index in [9.17, 15) is 9.59 Å². The van der Waals surface area contributed by atoms with Crippen molar-refractivity contribution in [2.75, 3.05) is 11.9 Å². The second-order valence-electron chi connectivity index (χ2n) is 4.21. The third-order valence-corrected chi connectivity index (χ3v) is 2.76. The number of ketones is 1. The molecule has 1 aliphatic rings. The van der Waals surface area contributed by atoms with Gasteiger partial charge in [-0.05, 0) is 24.6 Å². The first kappa shape index (κ1) is 13.4. The molecular formula is C14H19NO2. The van der Waals surface area contributed by atoms with Crippen molar-refractivity contribution >= 4 is 17.4 Å². The Hall–Kier alpha value is -1.64. The fourth-order valence-electron chi connectivity index (χ4n) is 1.49. The minimum Gasteiger partial charge on any atom is -0.308 e. The first-order chi connectivity index (χ1) is 8.02. The third kappa shape index (κ3) is 2.73. The van der Waals surface area contributed by atoms with Crippen molar-refractivity contribution in [1.29, 1.82) is 0 Å². The predicted octanol–water partition coefficient (Wildman–Crippen LogP) is 2.96. The number of rotatable bonds is 1. The molecule has 0 saturated carbocycles. The molecule has 17 heavy (non-hydrogen) atoms. The number of hydrogen-bond acceptors (Lipinski definition) is 2. The molecule has 92 valence electrons. The first-order valence-electron chi connectivity index (χ1n) is 5.95. The molecule has 1 heterocycles. The molecule has 1 aromatic rings. The molecule has 0 bridgehead atoms. The van der Waals surface area contributed by atoms with Crippen molar-refractivity contribution in [1.82, 2.24) is 0 Å². The summed E-state index contributed by atoms with van der Waals surface area (Å²) in [6.45, 7) is 6.29. The maximum absolute atomic E-state index is 11.3. The summed E-state index contributed by atoms with van der Waals surface area (Å²) in [6, 6.07) is 5.38. The fraction of sp³-hybridized carbons (Fsp3) is 0.429. The normalized spacial score (nSPS) is 13.3. The van der Waals surface area contributed by atoms with Crippen LogP contribution in [0.15, 0.2) is 18.2 Å². The van der Waals surface area contributed by atoms with Crippen LogP contribution in [0.1, 0.15) is 42.6 Å². The Balaban J connectivity index is 0.000000317. The van der Waals surface area contributed by atoms with E-state index in [1.54, 1.807) is 13.1 Å². The fourth-order valence-corrected chi connectivity index (χ4v) is 1.49. The van der Waals surface area contributed by atoms with Gasteiger partial charge in [-0.1, -0.05) is 32.8 Å². The molecule has 0 aliphatic carbocycles.